The molecule has 2 heterocycles. The van der Waals surface area contributed by atoms with Crippen LogP contribution < -0.4 is 0 Å². The highest BCUT2D eigenvalue weighted by Crippen LogP contribution is 2.39. The van der Waals surface area contributed by atoms with Crippen LogP contribution >= 0.6 is 0 Å². The van der Waals surface area contributed by atoms with Crippen molar-refractivity contribution in [3.63, 3.8) is 0 Å². The van der Waals surface area contributed by atoms with Gasteiger partial charge in [-0.25, -0.2) is 4.39 Å². The molecule has 152 valence electrons. The lowest BCUT2D eigenvalue weighted by molar-refractivity contribution is -0.129. The number of aromatic nitrogens is 1. The molecule has 0 radical (unpaired) electrons. The number of likely N-dealkylation sites (tertiary alicyclic amines) is 1. The first-order valence-electron chi connectivity index (χ1n) is 10.1. The summed E-state index contributed by atoms with van der Waals surface area (Å²) in [6, 6.07) is 5.11. The molecule has 1 saturated carbocycles. The van der Waals surface area contributed by atoms with Crippen LogP contribution in [0.2, 0.25) is 0 Å². The van der Waals surface area contributed by atoms with E-state index in [-0.39, 0.29) is 17.8 Å². The number of carbonyl (C=O) groups excluding carboxylic acids is 1. The van der Waals surface area contributed by atoms with Gasteiger partial charge < -0.3 is 19.5 Å². The number of aromatic amines is 1. The third-order valence-electron chi connectivity index (χ3n) is 6.81. The third-order valence-corrected chi connectivity index (χ3v) is 6.81. The Balaban J connectivity index is 1.49. The summed E-state index contributed by atoms with van der Waals surface area (Å²) in [4.78, 5) is 20.6. The molecule has 0 spiro atoms. The number of carbonyl (C=O) groups is 1. The number of benzene rings is 1. The number of methoxy groups -OCH3 is 1. The minimum atomic E-state index is -0.271. The van der Waals surface area contributed by atoms with E-state index in [9.17, 15) is 9.18 Å². The van der Waals surface area contributed by atoms with Crippen molar-refractivity contribution in [2.75, 3.05) is 34.3 Å². The average Bonchev–Trinajstić information content (AvgIpc) is 3.21. The van der Waals surface area contributed by atoms with Crippen molar-refractivity contribution in [3.8, 4) is 0 Å². The molecule has 2 aliphatic rings. The van der Waals surface area contributed by atoms with Crippen molar-refractivity contribution in [2.24, 2.45) is 11.8 Å². The molecule has 4 atom stereocenters. The van der Waals surface area contributed by atoms with E-state index < -0.39 is 0 Å². The van der Waals surface area contributed by atoms with E-state index in [2.05, 4.69) is 24.0 Å². The van der Waals surface area contributed by atoms with E-state index in [0.717, 1.165) is 48.1 Å². The predicted octanol–water partition coefficient (Wildman–Crippen LogP) is 2.97. The van der Waals surface area contributed by atoms with E-state index >= 15 is 0 Å². The summed E-state index contributed by atoms with van der Waals surface area (Å²) in [5.41, 5.74) is 2.74. The van der Waals surface area contributed by atoms with E-state index in [4.69, 9.17) is 4.74 Å². The van der Waals surface area contributed by atoms with Gasteiger partial charge in [-0.3, -0.25) is 4.79 Å². The number of amides is 1. The van der Waals surface area contributed by atoms with E-state index in [1.807, 2.05) is 11.8 Å². The van der Waals surface area contributed by atoms with Gasteiger partial charge in [-0.2, -0.15) is 0 Å². The molecule has 1 aromatic carbocycles. The van der Waals surface area contributed by atoms with Gasteiger partial charge in [-0.1, -0.05) is 0 Å². The third kappa shape index (κ3) is 3.44. The Bertz CT molecular complexity index is 878. The zero-order valence-corrected chi connectivity index (χ0v) is 17.2. The van der Waals surface area contributed by atoms with Crippen LogP contribution in [0.25, 0.3) is 10.9 Å². The molecule has 28 heavy (non-hydrogen) atoms. The molecule has 0 bridgehead atoms. The maximum atomic E-state index is 13.7. The lowest BCUT2D eigenvalue weighted by atomic mass is 9.77. The smallest absolute Gasteiger partial charge is 0.227 e. The van der Waals surface area contributed by atoms with Crippen molar-refractivity contribution in [1.82, 2.24) is 14.8 Å². The van der Waals surface area contributed by atoms with Crippen LogP contribution in [0.5, 0.6) is 0 Å². The van der Waals surface area contributed by atoms with Crippen molar-refractivity contribution in [3.05, 3.63) is 35.3 Å². The highest BCUT2D eigenvalue weighted by Gasteiger charge is 2.44. The standard InChI is InChI=1S/C22H30FN3O2/c1-13-17(18-9-16(23)5-6-19(18)24-13)10-22(27)26-11-14-7-20(25(2)3)21(28-4)8-15(14)12-26/h5-6,9,14-15,20-21,24H,7-8,10-12H2,1-4H3/t14-,15+,20-,21-/m1/s1. The van der Waals surface area contributed by atoms with Crippen molar-refractivity contribution < 1.29 is 13.9 Å². The quantitative estimate of drug-likeness (QED) is 0.878. The van der Waals surface area contributed by atoms with Gasteiger partial charge in [0.15, 0.2) is 0 Å². The second-order valence-electron chi connectivity index (χ2n) is 8.69. The Morgan fingerprint density at radius 1 is 1.29 bits per heavy atom. The largest absolute Gasteiger partial charge is 0.380 e. The molecule has 1 aliphatic heterocycles. The minimum Gasteiger partial charge on any atom is -0.380 e. The van der Waals surface area contributed by atoms with Gasteiger partial charge in [-0.05, 0) is 69.5 Å². The number of nitrogens with one attached hydrogen (secondary N) is 1. The Hall–Kier alpha value is -1.92. The van der Waals surface area contributed by atoms with Gasteiger partial charge in [0.25, 0.3) is 0 Å². The zero-order chi connectivity index (χ0) is 20.0. The maximum absolute atomic E-state index is 13.7. The number of fused-ring (bicyclic) bond motifs is 2. The van der Waals surface area contributed by atoms with Crippen LogP contribution in [0, 0.1) is 24.6 Å². The first kappa shape index (κ1) is 19.4. The van der Waals surface area contributed by atoms with Gasteiger partial charge in [0.05, 0.1) is 12.5 Å². The van der Waals surface area contributed by atoms with Gasteiger partial charge in [0.1, 0.15) is 5.82 Å². The number of halogens is 1. The number of H-pyrrole nitrogens is 1. The van der Waals surface area contributed by atoms with E-state index in [1.165, 1.54) is 12.1 Å². The lowest BCUT2D eigenvalue weighted by Gasteiger charge is -2.40. The van der Waals surface area contributed by atoms with Gasteiger partial charge in [-0.15, -0.1) is 0 Å². The summed E-state index contributed by atoms with van der Waals surface area (Å²) in [6.45, 7) is 3.58. The zero-order valence-electron chi connectivity index (χ0n) is 17.2. The Kier molecular flexibility index (Phi) is 5.19. The Labute approximate surface area is 165 Å². The normalized spacial score (nSPS) is 27.6. The van der Waals surface area contributed by atoms with E-state index in [1.54, 1.807) is 13.2 Å². The molecular formula is C22H30FN3O2. The number of rotatable bonds is 4. The molecule has 1 N–H and O–H groups in total. The fourth-order valence-electron chi connectivity index (χ4n) is 5.24. The summed E-state index contributed by atoms with van der Waals surface area (Å²) in [7, 11) is 6.00. The predicted molar refractivity (Wildman–Crippen MR) is 108 cm³/mol. The first-order chi connectivity index (χ1) is 13.4. The van der Waals surface area contributed by atoms with Crippen LogP contribution in [0.3, 0.4) is 0 Å². The highest BCUT2D eigenvalue weighted by atomic mass is 19.1. The molecule has 4 rings (SSSR count). The number of ether oxygens (including phenoxy) is 1. The number of nitrogens with zero attached hydrogens (tertiary/aromatic N) is 2. The number of likely N-dealkylation sites (N-methyl/N-ethyl adjacent to an activating group) is 1. The van der Waals surface area contributed by atoms with Crippen LogP contribution in [-0.2, 0) is 16.0 Å². The van der Waals surface area contributed by atoms with Crippen molar-refractivity contribution >= 4 is 16.8 Å². The Morgan fingerprint density at radius 3 is 2.68 bits per heavy atom. The summed E-state index contributed by atoms with van der Waals surface area (Å²) >= 11 is 0. The molecule has 1 saturated heterocycles. The maximum Gasteiger partial charge on any atom is 0.227 e. The highest BCUT2D eigenvalue weighted by molar-refractivity contribution is 5.90. The molecule has 2 aromatic rings. The molecule has 0 unspecified atom stereocenters. The number of hydrogen-bond donors (Lipinski definition) is 1. The fourth-order valence-corrected chi connectivity index (χ4v) is 5.24. The summed E-state index contributed by atoms with van der Waals surface area (Å²) in [6.07, 6.45) is 2.62. The molecule has 2 fully saturated rings. The topological polar surface area (TPSA) is 48.6 Å². The molecule has 1 amide bonds. The molecule has 5 nitrogen and oxygen atoms in total. The second kappa shape index (κ2) is 7.48. The second-order valence-corrected chi connectivity index (χ2v) is 8.69. The van der Waals surface area contributed by atoms with Crippen molar-refractivity contribution in [1.29, 1.82) is 0 Å². The fraction of sp³-hybridized carbons (Fsp3) is 0.591. The Morgan fingerprint density at radius 2 is 2.00 bits per heavy atom. The minimum absolute atomic E-state index is 0.137. The van der Waals surface area contributed by atoms with Gasteiger partial charge >= 0.3 is 0 Å². The summed E-state index contributed by atoms with van der Waals surface area (Å²) < 4.78 is 19.5. The first-order valence-corrected chi connectivity index (χ1v) is 10.1. The van der Waals surface area contributed by atoms with E-state index in [0.29, 0.717) is 24.3 Å². The average molecular weight is 387 g/mol. The number of aryl methyl sites for hydroxylation is 1. The van der Waals surface area contributed by atoms with Gasteiger partial charge in [0, 0.05) is 42.8 Å². The van der Waals surface area contributed by atoms with Crippen LogP contribution in [-0.4, -0.2) is 67.1 Å². The summed E-state index contributed by atoms with van der Waals surface area (Å²) in [5, 5.41) is 0.814. The summed E-state index contributed by atoms with van der Waals surface area (Å²) in [5.74, 6) is 0.904. The van der Waals surface area contributed by atoms with Crippen molar-refractivity contribution in [2.45, 2.75) is 38.3 Å². The molecule has 1 aromatic heterocycles. The molecule has 1 aliphatic carbocycles. The van der Waals surface area contributed by atoms with Gasteiger partial charge in [0.2, 0.25) is 5.91 Å². The molecular weight excluding hydrogens is 357 g/mol. The molecule has 6 heteroatoms. The lowest BCUT2D eigenvalue weighted by Crippen LogP contribution is -2.47. The van der Waals surface area contributed by atoms with Crippen LogP contribution in [0.4, 0.5) is 4.39 Å². The van der Waals surface area contributed by atoms with Crippen LogP contribution in [0.15, 0.2) is 18.2 Å². The number of hydrogen-bond acceptors (Lipinski definition) is 3. The van der Waals surface area contributed by atoms with Crippen LogP contribution in [0.1, 0.15) is 24.1 Å². The SMILES string of the molecule is CO[C@@H]1C[C@H]2CN(C(=O)Cc3c(C)[nH]c4ccc(F)cc34)C[C@H]2C[C@H]1N(C)C. The monoisotopic (exact) mass is 387 g/mol.